The lowest BCUT2D eigenvalue weighted by Gasteiger charge is -2.14. The number of benzene rings is 2. The first-order chi connectivity index (χ1) is 11.1. The molecule has 0 saturated carbocycles. The van der Waals surface area contributed by atoms with Gasteiger partial charge >= 0.3 is 0 Å². The lowest BCUT2D eigenvalue weighted by Crippen LogP contribution is -2.40. The van der Waals surface area contributed by atoms with Gasteiger partial charge in [-0.15, -0.1) is 0 Å². The molecule has 2 aromatic carbocycles. The molecule has 0 spiro atoms. The van der Waals surface area contributed by atoms with Crippen LogP contribution in [0, 0.1) is 6.92 Å². The maximum atomic E-state index is 12.1. The number of carbonyl (C=O) groups is 2. The molecule has 2 amide bonds. The Bertz CT molecular complexity index is 708. The van der Waals surface area contributed by atoms with Gasteiger partial charge in [-0.1, -0.05) is 48.5 Å². The van der Waals surface area contributed by atoms with Crippen molar-refractivity contribution in [1.82, 2.24) is 5.32 Å². The minimum atomic E-state index is -0.623. The number of amides is 2. The Morgan fingerprint density at radius 1 is 1.00 bits per heavy atom. The summed E-state index contributed by atoms with van der Waals surface area (Å²) in [4.78, 5) is 24.0. The van der Waals surface area contributed by atoms with Crippen LogP contribution in [0.1, 0.15) is 18.1 Å². The second-order valence-corrected chi connectivity index (χ2v) is 5.28. The summed E-state index contributed by atoms with van der Waals surface area (Å²) < 4.78 is 0. The molecule has 1 atom stereocenters. The molecule has 4 nitrogen and oxygen atoms in total. The Hall–Kier alpha value is -2.88. The van der Waals surface area contributed by atoms with Gasteiger partial charge in [0.05, 0.1) is 0 Å². The molecule has 0 aliphatic rings. The van der Waals surface area contributed by atoms with Gasteiger partial charge < -0.3 is 10.6 Å². The van der Waals surface area contributed by atoms with Crippen LogP contribution in [0.4, 0.5) is 5.69 Å². The van der Waals surface area contributed by atoms with E-state index in [1.165, 1.54) is 6.08 Å². The highest BCUT2D eigenvalue weighted by atomic mass is 16.2. The topological polar surface area (TPSA) is 58.2 Å². The first-order valence-corrected chi connectivity index (χ1v) is 7.46. The SMILES string of the molecule is Cc1ccccc1NC(=O)C(C)NC(=O)/C=C/c1ccccc1. The van der Waals surface area contributed by atoms with Crippen molar-refractivity contribution < 1.29 is 9.59 Å². The summed E-state index contributed by atoms with van der Waals surface area (Å²) in [6.45, 7) is 3.57. The monoisotopic (exact) mass is 308 g/mol. The third-order valence-corrected chi connectivity index (χ3v) is 3.38. The zero-order valence-corrected chi connectivity index (χ0v) is 13.2. The van der Waals surface area contributed by atoms with E-state index in [2.05, 4.69) is 10.6 Å². The van der Waals surface area contributed by atoms with Crippen molar-refractivity contribution in [3.8, 4) is 0 Å². The highest BCUT2D eigenvalue weighted by Crippen LogP contribution is 2.13. The van der Waals surface area contributed by atoms with Gasteiger partial charge in [-0.05, 0) is 37.1 Å². The number of hydrogen-bond donors (Lipinski definition) is 2. The van der Waals surface area contributed by atoms with Crippen molar-refractivity contribution in [2.75, 3.05) is 5.32 Å². The molecule has 1 unspecified atom stereocenters. The Kier molecular flexibility index (Phi) is 5.69. The third kappa shape index (κ3) is 5.11. The predicted molar refractivity (Wildman–Crippen MR) is 92.9 cm³/mol. The van der Waals surface area contributed by atoms with E-state index in [1.807, 2.05) is 61.5 Å². The number of anilines is 1. The largest absolute Gasteiger partial charge is 0.341 e. The van der Waals surface area contributed by atoms with E-state index >= 15 is 0 Å². The fourth-order valence-corrected chi connectivity index (χ4v) is 2.02. The lowest BCUT2D eigenvalue weighted by atomic mass is 10.2. The van der Waals surface area contributed by atoms with Gasteiger partial charge in [0.15, 0.2) is 0 Å². The van der Waals surface area contributed by atoms with E-state index in [4.69, 9.17) is 0 Å². The molecule has 0 heterocycles. The Balaban J connectivity index is 1.89. The first kappa shape index (κ1) is 16.5. The molecule has 2 N–H and O–H groups in total. The average Bonchev–Trinajstić information content (AvgIpc) is 2.56. The van der Waals surface area contributed by atoms with Crippen LogP contribution in [0.3, 0.4) is 0 Å². The Labute approximate surface area is 136 Å². The molecule has 0 bridgehead atoms. The number of rotatable bonds is 5. The van der Waals surface area contributed by atoms with Gasteiger partial charge in [0.1, 0.15) is 6.04 Å². The average molecular weight is 308 g/mol. The molecule has 0 aromatic heterocycles. The first-order valence-electron chi connectivity index (χ1n) is 7.46. The van der Waals surface area contributed by atoms with Crippen LogP contribution in [0.5, 0.6) is 0 Å². The molecule has 0 saturated heterocycles. The van der Waals surface area contributed by atoms with Crippen LogP contribution in [0.15, 0.2) is 60.7 Å². The maximum absolute atomic E-state index is 12.1. The fourth-order valence-electron chi connectivity index (χ4n) is 2.02. The summed E-state index contributed by atoms with van der Waals surface area (Å²) in [6, 6.07) is 16.4. The molecule has 2 rings (SSSR count). The van der Waals surface area contributed by atoms with Crippen LogP contribution in [-0.4, -0.2) is 17.9 Å². The predicted octanol–water partition coefficient (Wildman–Crippen LogP) is 3.15. The second-order valence-electron chi connectivity index (χ2n) is 5.28. The van der Waals surface area contributed by atoms with Crippen LogP contribution >= 0.6 is 0 Å². The van der Waals surface area contributed by atoms with Crippen LogP contribution in [-0.2, 0) is 9.59 Å². The highest BCUT2D eigenvalue weighted by molar-refractivity contribution is 6.00. The van der Waals surface area contributed by atoms with Gasteiger partial charge in [0.25, 0.3) is 0 Å². The standard InChI is InChI=1S/C19H20N2O2/c1-14-8-6-7-11-17(14)21-19(23)15(2)20-18(22)13-12-16-9-4-3-5-10-16/h3-13,15H,1-2H3,(H,20,22)(H,21,23)/b13-12+. The molecule has 0 aliphatic heterocycles. The number of aryl methyl sites for hydroxylation is 1. The normalized spacial score (nSPS) is 11.9. The van der Waals surface area contributed by atoms with E-state index in [1.54, 1.807) is 13.0 Å². The summed E-state index contributed by atoms with van der Waals surface area (Å²) in [5, 5.41) is 5.46. The minimum absolute atomic E-state index is 0.249. The minimum Gasteiger partial charge on any atom is -0.341 e. The maximum Gasteiger partial charge on any atom is 0.246 e. The van der Waals surface area contributed by atoms with Gasteiger partial charge in [-0.25, -0.2) is 0 Å². The van der Waals surface area contributed by atoms with Crippen LogP contribution < -0.4 is 10.6 Å². The molecular formula is C19H20N2O2. The quantitative estimate of drug-likeness (QED) is 0.834. The summed E-state index contributed by atoms with van der Waals surface area (Å²) in [5.41, 5.74) is 2.65. The fraction of sp³-hybridized carbons (Fsp3) is 0.158. The van der Waals surface area contributed by atoms with E-state index in [0.717, 1.165) is 16.8 Å². The van der Waals surface area contributed by atoms with E-state index in [0.29, 0.717) is 0 Å². The van der Waals surface area contributed by atoms with E-state index in [9.17, 15) is 9.59 Å². The van der Waals surface area contributed by atoms with Crippen molar-refractivity contribution in [3.05, 3.63) is 71.8 Å². The second kappa shape index (κ2) is 7.94. The summed E-state index contributed by atoms with van der Waals surface area (Å²) in [6.07, 6.45) is 3.13. The summed E-state index contributed by atoms with van der Waals surface area (Å²) >= 11 is 0. The van der Waals surface area contributed by atoms with Crippen molar-refractivity contribution in [3.63, 3.8) is 0 Å². The van der Waals surface area contributed by atoms with Crippen molar-refractivity contribution in [2.45, 2.75) is 19.9 Å². The van der Waals surface area contributed by atoms with Crippen molar-refractivity contribution in [2.24, 2.45) is 0 Å². The Morgan fingerprint density at radius 2 is 1.65 bits per heavy atom. The van der Waals surface area contributed by atoms with Gasteiger partial charge in [0, 0.05) is 11.8 Å². The summed E-state index contributed by atoms with van der Waals surface area (Å²) in [5.74, 6) is -0.554. The molecule has 2 aromatic rings. The molecule has 0 aliphatic carbocycles. The number of nitrogens with one attached hydrogen (secondary N) is 2. The van der Waals surface area contributed by atoms with Crippen LogP contribution in [0.2, 0.25) is 0 Å². The van der Waals surface area contributed by atoms with Gasteiger partial charge in [0.2, 0.25) is 11.8 Å². The van der Waals surface area contributed by atoms with Gasteiger partial charge in [-0.3, -0.25) is 9.59 Å². The molecule has 0 radical (unpaired) electrons. The zero-order valence-electron chi connectivity index (χ0n) is 13.2. The smallest absolute Gasteiger partial charge is 0.246 e. The van der Waals surface area contributed by atoms with E-state index < -0.39 is 6.04 Å². The number of para-hydroxylation sites is 1. The van der Waals surface area contributed by atoms with Crippen molar-refractivity contribution in [1.29, 1.82) is 0 Å². The van der Waals surface area contributed by atoms with Crippen LogP contribution in [0.25, 0.3) is 6.08 Å². The van der Waals surface area contributed by atoms with Crippen molar-refractivity contribution >= 4 is 23.6 Å². The molecule has 4 heteroatoms. The molecule has 0 fully saturated rings. The number of hydrogen-bond acceptors (Lipinski definition) is 2. The molecular weight excluding hydrogens is 288 g/mol. The van der Waals surface area contributed by atoms with Gasteiger partial charge in [-0.2, -0.15) is 0 Å². The highest BCUT2D eigenvalue weighted by Gasteiger charge is 2.14. The lowest BCUT2D eigenvalue weighted by molar-refractivity contribution is -0.123. The zero-order chi connectivity index (χ0) is 16.7. The Morgan fingerprint density at radius 3 is 2.35 bits per heavy atom. The van der Waals surface area contributed by atoms with E-state index in [-0.39, 0.29) is 11.8 Å². The summed E-state index contributed by atoms with van der Waals surface area (Å²) in [7, 11) is 0. The molecule has 118 valence electrons. The molecule has 23 heavy (non-hydrogen) atoms. The number of carbonyl (C=O) groups excluding carboxylic acids is 2. The third-order valence-electron chi connectivity index (χ3n) is 3.38.